The Bertz CT molecular complexity index is 810. The molecule has 2 aromatic carbocycles. The van der Waals surface area contributed by atoms with Crippen LogP contribution in [0.1, 0.15) is 22.3 Å². The summed E-state index contributed by atoms with van der Waals surface area (Å²) in [7, 11) is 0. The molecule has 0 aromatic heterocycles. The fourth-order valence-corrected chi connectivity index (χ4v) is 2.63. The third-order valence-electron chi connectivity index (χ3n) is 3.93. The van der Waals surface area contributed by atoms with Crippen molar-refractivity contribution in [3.05, 3.63) is 65.5 Å². The molecule has 0 unspecified atom stereocenters. The van der Waals surface area contributed by atoms with Crippen molar-refractivity contribution in [3.8, 4) is 6.07 Å². The monoisotopic (exact) mass is 323 g/mol. The Labute approximate surface area is 138 Å². The summed E-state index contributed by atoms with van der Waals surface area (Å²) in [5.74, 6) is -0.946. The first kappa shape index (κ1) is 15.7. The van der Waals surface area contributed by atoms with Crippen molar-refractivity contribution in [1.29, 1.82) is 5.26 Å². The standard InChI is InChI=1S/C18H14FN3O2/c19-14-5-7-15(8-6-14)22-10-9-16(18(22)24)21-17(23)13-3-1-12(11-20)2-4-13/h1-8,16H,9-10H2,(H,21,23)/t16-/m0/s1. The molecule has 120 valence electrons. The van der Waals surface area contributed by atoms with Crippen molar-refractivity contribution in [3.63, 3.8) is 0 Å². The Kier molecular flexibility index (Phi) is 4.25. The second-order valence-corrected chi connectivity index (χ2v) is 5.47. The van der Waals surface area contributed by atoms with Gasteiger partial charge in [-0.2, -0.15) is 5.26 Å². The zero-order valence-corrected chi connectivity index (χ0v) is 12.7. The summed E-state index contributed by atoms with van der Waals surface area (Å²) in [6, 6.07) is 13.2. The van der Waals surface area contributed by atoms with Gasteiger partial charge in [-0.1, -0.05) is 0 Å². The van der Waals surface area contributed by atoms with E-state index >= 15 is 0 Å². The van der Waals surface area contributed by atoms with E-state index in [0.717, 1.165) is 0 Å². The zero-order valence-electron chi connectivity index (χ0n) is 12.7. The van der Waals surface area contributed by atoms with E-state index < -0.39 is 6.04 Å². The molecule has 0 saturated carbocycles. The minimum atomic E-state index is -0.613. The molecule has 5 nitrogen and oxygen atoms in total. The van der Waals surface area contributed by atoms with E-state index in [9.17, 15) is 14.0 Å². The van der Waals surface area contributed by atoms with Crippen LogP contribution in [0.5, 0.6) is 0 Å². The first-order valence-electron chi connectivity index (χ1n) is 7.46. The molecule has 0 spiro atoms. The Hall–Kier alpha value is -3.20. The van der Waals surface area contributed by atoms with Crippen LogP contribution in [0.4, 0.5) is 10.1 Å². The quantitative estimate of drug-likeness (QED) is 0.941. The molecule has 1 N–H and O–H groups in total. The van der Waals surface area contributed by atoms with Crippen LogP contribution in [0.25, 0.3) is 0 Å². The number of nitrogens with zero attached hydrogens (tertiary/aromatic N) is 2. The van der Waals surface area contributed by atoms with Gasteiger partial charge in [-0.25, -0.2) is 4.39 Å². The van der Waals surface area contributed by atoms with Gasteiger partial charge in [0, 0.05) is 17.8 Å². The molecule has 0 bridgehead atoms. The second-order valence-electron chi connectivity index (χ2n) is 5.47. The van der Waals surface area contributed by atoms with Gasteiger partial charge in [-0.05, 0) is 55.0 Å². The predicted molar refractivity (Wildman–Crippen MR) is 85.8 cm³/mol. The molecule has 1 fully saturated rings. The van der Waals surface area contributed by atoms with Crippen LogP contribution in [-0.4, -0.2) is 24.4 Å². The average molecular weight is 323 g/mol. The summed E-state index contributed by atoms with van der Waals surface area (Å²) >= 11 is 0. The lowest BCUT2D eigenvalue weighted by atomic mass is 10.1. The highest BCUT2D eigenvalue weighted by molar-refractivity contribution is 6.03. The third-order valence-corrected chi connectivity index (χ3v) is 3.93. The van der Waals surface area contributed by atoms with E-state index in [1.165, 1.54) is 29.2 Å². The molecular weight excluding hydrogens is 309 g/mol. The summed E-state index contributed by atoms with van der Waals surface area (Å²) in [5, 5.41) is 11.5. The summed E-state index contributed by atoms with van der Waals surface area (Å²) in [5.41, 5.74) is 1.46. The Morgan fingerprint density at radius 2 is 1.83 bits per heavy atom. The highest BCUT2D eigenvalue weighted by atomic mass is 19.1. The minimum absolute atomic E-state index is 0.219. The first-order chi connectivity index (χ1) is 11.6. The summed E-state index contributed by atoms with van der Waals surface area (Å²) < 4.78 is 13.0. The lowest BCUT2D eigenvalue weighted by Crippen LogP contribution is -2.41. The lowest BCUT2D eigenvalue weighted by Gasteiger charge is -2.17. The molecule has 1 aliphatic rings. The van der Waals surface area contributed by atoms with Crippen LogP contribution in [0.3, 0.4) is 0 Å². The Morgan fingerprint density at radius 1 is 1.17 bits per heavy atom. The van der Waals surface area contributed by atoms with E-state index in [1.807, 2.05) is 6.07 Å². The van der Waals surface area contributed by atoms with E-state index in [-0.39, 0.29) is 17.6 Å². The fourth-order valence-electron chi connectivity index (χ4n) is 2.63. The largest absolute Gasteiger partial charge is 0.340 e. The Morgan fingerprint density at radius 3 is 2.46 bits per heavy atom. The fraction of sp³-hybridized carbons (Fsp3) is 0.167. The van der Waals surface area contributed by atoms with Crippen LogP contribution < -0.4 is 10.2 Å². The van der Waals surface area contributed by atoms with Crippen LogP contribution in [0, 0.1) is 17.1 Å². The molecule has 1 heterocycles. The van der Waals surface area contributed by atoms with Crippen molar-refractivity contribution in [1.82, 2.24) is 5.32 Å². The molecule has 24 heavy (non-hydrogen) atoms. The van der Waals surface area contributed by atoms with E-state index in [2.05, 4.69) is 5.32 Å². The maximum Gasteiger partial charge on any atom is 0.251 e. The first-order valence-corrected chi connectivity index (χ1v) is 7.46. The van der Waals surface area contributed by atoms with Crippen molar-refractivity contribution in [2.45, 2.75) is 12.5 Å². The number of hydrogen-bond donors (Lipinski definition) is 1. The normalized spacial score (nSPS) is 16.8. The van der Waals surface area contributed by atoms with Gasteiger partial charge in [0.15, 0.2) is 0 Å². The summed E-state index contributed by atoms with van der Waals surface area (Å²) in [6.07, 6.45) is 0.484. The summed E-state index contributed by atoms with van der Waals surface area (Å²) in [6.45, 7) is 0.461. The van der Waals surface area contributed by atoms with Gasteiger partial charge in [-0.15, -0.1) is 0 Å². The van der Waals surface area contributed by atoms with Gasteiger partial charge < -0.3 is 10.2 Å². The third kappa shape index (κ3) is 3.10. The highest BCUT2D eigenvalue weighted by Crippen LogP contribution is 2.22. The van der Waals surface area contributed by atoms with E-state index in [0.29, 0.717) is 29.8 Å². The number of nitriles is 1. The smallest absolute Gasteiger partial charge is 0.251 e. The molecule has 1 atom stereocenters. The number of rotatable bonds is 3. The second kappa shape index (κ2) is 6.50. The number of carbonyl (C=O) groups excluding carboxylic acids is 2. The number of anilines is 1. The van der Waals surface area contributed by atoms with Crippen LogP contribution in [0.15, 0.2) is 48.5 Å². The Balaban J connectivity index is 1.68. The lowest BCUT2D eigenvalue weighted by molar-refractivity contribution is -0.118. The molecule has 2 amide bonds. The van der Waals surface area contributed by atoms with Crippen LogP contribution in [0.2, 0.25) is 0 Å². The van der Waals surface area contributed by atoms with Crippen molar-refractivity contribution in [2.75, 3.05) is 11.4 Å². The van der Waals surface area contributed by atoms with E-state index in [4.69, 9.17) is 5.26 Å². The molecular formula is C18H14FN3O2. The van der Waals surface area contributed by atoms with Gasteiger partial charge in [0.25, 0.3) is 5.91 Å². The highest BCUT2D eigenvalue weighted by Gasteiger charge is 2.33. The average Bonchev–Trinajstić information content (AvgIpc) is 2.96. The molecule has 1 saturated heterocycles. The molecule has 1 aliphatic heterocycles. The molecule has 3 rings (SSSR count). The van der Waals surface area contributed by atoms with Crippen LogP contribution in [-0.2, 0) is 4.79 Å². The number of nitrogens with one attached hydrogen (secondary N) is 1. The minimum Gasteiger partial charge on any atom is -0.340 e. The molecule has 2 aromatic rings. The van der Waals surface area contributed by atoms with Gasteiger partial charge in [0.05, 0.1) is 11.6 Å². The number of carbonyl (C=O) groups is 2. The topological polar surface area (TPSA) is 73.2 Å². The maximum atomic E-state index is 13.0. The maximum absolute atomic E-state index is 13.0. The number of halogens is 1. The van der Waals surface area contributed by atoms with Crippen molar-refractivity contribution >= 4 is 17.5 Å². The number of hydrogen-bond acceptors (Lipinski definition) is 3. The van der Waals surface area contributed by atoms with E-state index in [1.54, 1.807) is 24.3 Å². The predicted octanol–water partition coefficient (Wildman–Crippen LogP) is 2.23. The molecule has 0 aliphatic carbocycles. The zero-order chi connectivity index (χ0) is 17.1. The van der Waals surface area contributed by atoms with Gasteiger partial charge in [-0.3, -0.25) is 9.59 Å². The van der Waals surface area contributed by atoms with Crippen molar-refractivity contribution < 1.29 is 14.0 Å². The number of benzene rings is 2. The van der Waals surface area contributed by atoms with Crippen molar-refractivity contribution in [2.24, 2.45) is 0 Å². The molecule has 0 radical (unpaired) electrons. The van der Waals surface area contributed by atoms with Crippen LogP contribution >= 0.6 is 0 Å². The van der Waals surface area contributed by atoms with Gasteiger partial charge >= 0.3 is 0 Å². The number of amides is 2. The SMILES string of the molecule is N#Cc1ccc(C(=O)N[C@H]2CCN(c3ccc(F)cc3)C2=O)cc1. The van der Waals surface area contributed by atoms with Gasteiger partial charge in [0.2, 0.25) is 5.91 Å². The molecule has 6 heteroatoms. The van der Waals surface area contributed by atoms with Gasteiger partial charge in [0.1, 0.15) is 11.9 Å². The summed E-state index contributed by atoms with van der Waals surface area (Å²) in [4.78, 5) is 26.2.